The molecule has 0 fully saturated rings. The van der Waals surface area contributed by atoms with Gasteiger partial charge in [0.25, 0.3) is 0 Å². The minimum Gasteiger partial charge on any atom is -0.497 e. The van der Waals surface area contributed by atoms with E-state index in [1.54, 1.807) is 7.11 Å². The lowest BCUT2D eigenvalue weighted by Gasteiger charge is -2.34. The van der Waals surface area contributed by atoms with Crippen molar-refractivity contribution in [1.82, 2.24) is 0 Å². The number of ether oxygens (including phenoxy) is 2. The Kier molecular flexibility index (Phi) is 4.12. The summed E-state index contributed by atoms with van der Waals surface area (Å²) in [6, 6.07) is 5.62. The Morgan fingerprint density at radius 3 is 2.72 bits per heavy atom. The van der Waals surface area contributed by atoms with Crippen LogP contribution in [0.25, 0.3) is 0 Å². The average Bonchev–Trinajstić information content (AvgIpc) is 2.39. The zero-order valence-electron chi connectivity index (χ0n) is 11.3. The Morgan fingerprint density at radius 2 is 2.11 bits per heavy atom. The van der Waals surface area contributed by atoms with E-state index in [2.05, 4.69) is 13.8 Å². The summed E-state index contributed by atoms with van der Waals surface area (Å²) in [5, 5.41) is 10.2. The molecule has 0 saturated carbocycles. The summed E-state index contributed by atoms with van der Waals surface area (Å²) in [5.74, 6) is 2.04. The van der Waals surface area contributed by atoms with Gasteiger partial charge in [0.2, 0.25) is 0 Å². The maximum absolute atomic E-state index is 10.2. The highest BCUT2D eigenvalue weighted by atomic mass is 16.5. The molecule has 0 aromatic heterocycles. The second-order valence-electron chi connectivity index (χ2n) is 4.89. The summed E-state index contributed by atoms with van der Waals surface area (Å²) < 4.78 is 11.3. The minimum absolute atomic E-state index is 0.106. The van der Waals surface area contributed by atoms with Crippen LogP contribution in [0, 0.1) is 5.92 Å². The van der Waals surface area contributed by atoms with E-state index in [4.69, 9.17) is 9.47 Å². The molecule has 2 atom stereocenters. The Balaban J connectivity index is 2.25. The highest BCUT2D eigenvalue weighted by molar-refractivity contribution is 5.43. The summed E-state index contributed by atoms with van der Waals surface area (Å²) in [4.78, 5) is 0. The van der Waals surface area contributed by atoms with Crippen LogP contribution in [0.5, 0.6) is 11.5 Å². The summed E-state index contributed by atoms with van der Waals surface area (Å²) in [6.07, 6.45) is 2.52. The van der Waals surface area contributed by atoms with Gasteiger partial charge in [-0.05, 0) is 30.9 Å². The van der Waals surface area contributed by atoms with E-state index in [0.717, 1.165) is 29.9 Å². The van der Waals surface area contributed by atoms with Crippen LogP contribution in [0.15, 0.2) is 18.2 Å². The molecule has 0 bridgehead atoms. The fourth-order valence-electron chi connectivity index (χ4n) is 2.68. The highest BCUT2D eigenvalue weighted by Gasteiger charge is 2.31. The molecule has 0 aliphatic carbocycles. The SMILES string of the molecule is CCC(CC)C1C[C@@H](O)c2ccc(OC)cc2O1. The molecule has 3 nitrogen and oxygen atoms in total. The number of hydrogen-bond donors (Lipinski definition) is 1. The van der Waals surface area contributed by atoms with Gasteiger partial charge in [-0.25, -0.2) is 0 Å². The van der Waals surface area contributed by atoms with E-state index >= 15 is 0 Å². The fourth-order valence-corrected chi connectivity index (χ4v) is 2.68. The first-order valence-corrected chi connectivity index (χ1v) is 6.72. The third kappa shape index (κ3) is 2.46. The zero-order valence-corrected chi connectivity index (χ0v) is 11.3. The number of fused-ring (bicyclic) bond motifs is 1. The van der Waals surface area contributed by atoms with Crippen molar-refractivity contribution in [3.05, 3.63) is 23.8 Å². The number of benzene rings is 1. The predicted molar refractivity (Wildman–Crippen MR) is 71.1 cm³/mol. The third-order valence-electron chi connectivity index (χ3n) is 3.89. The molecule has 1 aromatic carbocycles. The van der Waals surface area contributed by atoms with Gasteiger partial charge in [0.05, 0.1) is 13.2 Å². The lowest BCUT2D eigenvalue weighted by atomic mass is 9.88. The first-order chi connectivity index (χ1) is 8.69. The summed E-state index contributed by atoms with van der Waals surface area (Å²) in [7, 11) is 1.64. The van der Waals surface area contributed by atoms with Crippen LogP contribution in [-0.2, 0) is 0 Å². The molecule has 1 unspecified atom stereocenters. The molecule has 1 aliphatic heterocycles. The van der Waals surface area contributed by atoms with Crippen molar-refractivity contribution in [2.24, 2.45) is 5.92 Å². The van der Waals surface area contributed by atoms with E-state index < -0.39 is 6.10 Å². The minimum atomic E-state index is -0.426. The van der Waals surface area contributed by atoms with Crippen LogP contribution >= 0.6 is 0 Å². The molecule has 0 saturated heterocycles. The van der Waals surface area contributed by atoms with E-state index in [1.807, 2.05) is 18.2 Å². The average molecular weight is 250 g/mol. The van der Waals surface area contributed by atoms with Crippen LogP contribution in [0.2, 0.25) is 0 Å². The van der Waals surface area contributed by atoms with Crippen molar-refractivity contribution in [3.8, 4) is 11.5 Å². The van der Waals surface area contributed by atoms with Gasteiger partial charge in [-0.2, -0.15) is 0 Å². The Labute approximate surface area is 109 Å². The highest BCUT2D eigenvalue weighted by Crippen LogP contribution is 2.39. The second-order valence-corrected chi connectivity index (χ2v) is 4.89. The predicted octanol–water partition coefficient (Wildman–Crippen LogP) is 3.32. The van der Waals surface area contributed by atoms with Crippen LogP contribution in [0.4, 0.5) is 0 Å². The van der Waals surface area contributed by atoms with Crippen LogP contribution in [0.1, 0.15) is 44.8 Å². The molecule has 18 heavy (non-hydrogen) atoms. The van der Waals surface area contributed by atoms with Gasteiger partial charge in [-0.3, -0.25) is 0 Å². The summed E-state index contributed by atoms with van der Waals surface area (Å²) in [6.45, 7) is 4.34. The quantitative estimate of drug-likeness (QED) is 0.891. The van der Waals surface area contributed by atoms with Gasteiger partial charge < -0.3 is 14.6 Å². The first-order valence-electron chi connectivity index (χ1n) is 6.72. The van der Waals surface area contributed by atoms with Crippen molar-refractivity contribution in [3.63, 3.8) is 0 Å². The standard InChI is InChI=1S/C15H22O3/c1-4-10(5-2)14-9-13(16)12-7-6-11(17-3)8-15(12)18-14/h6-8,10,13-14,16H,4-5,9H2,1-3H3/t13-,14?/m1/s1. The number of aliphatic hydroxyl groups is 1. The topological polar surface area (TPSA) is 38.7 Å². The molecule has 1 N–H and O–H groups in total. The van der Waals surface area contributed by atoms with Crippen LogP contribution in [0.3, 0.4) is 0 Å². The van der Waals surface area contributed by atoms with Crippen molar-refractivity contribution in [2.45, 2.75) is 45.3 Å². The van der Waals surface area contributed by atoms with E-state index in [1.165, 1.54) is 0 Å². The van der Waals surface area contributed by atoms with Crippen LogP contribution < -0.4 is 9.47 Å². The van der Waals surface area contributed by atoms with Crippen molar-refractivity contribution in [2.75, 3.05) is 7.11 Å². The number of methoxy groups -OCH3 is 1. The molecule has 0 amide bonds. The fraction of sp³-hybridized carbons (Fsp3) is 0.600. The summed E-state index contributed by atoms with van der Waals surface area (Å²) >= 11 is 0. The monoisotopic (exact) mass is 250 g/mol. The number of rotatable bonds is 4. The van der Waals surface area contributed by atoms with Gasteiger partial charge in [0.1, 0.15) is 17.6 Å². The Bertz CT molecular complexity index is 399. The number of hydrogen-bond acceptors (Lipinski definition) is 3. The van der Waals surface area contributed by atoms with Gasteiger partial charge in [-0.1, -0.05) is 13.8 Å². The lowest BCUT2D eigenvalue weighted by Crippen LogP contribution is -2.32. The molecule has 2 rings (SSSR count). The van der Waals surface area contributed by atoms with Gasteiger partial charge in [0, 0.05) is 18.1 Å². The van der Waals surface area contributed by atoms with Gasteiger partial charge in [-0.15, -0.1) is 0 Å². The Hall–Kier alpha value is -1.22. The van der Waals surface area contributed by atoms with Crippen molar-refractivity contribution in [1.29, 1.82) is 0 Å². The first kappa shape index (κ1) is 13.2. The lowest BCUT2D eigenvalue weighted by molar-refractivity contribution is 0.0315. The summed E-state index contributed by atoms with van der Waals surface area (Å²) in [5.41, 5.74) is 0.873. The molecule has 1 aromatic rings. The molecule has 100 valence electrons. The van der Waals surface area contributed by atoms with E-state index in [0.29, 0.717) is 12.3 Å². The number of aliphatic hydroxyl groups excluding tert-OH is 1. The largest absolute Gasteiger partial charge is 0.497 e. The van der Waals surface area contributed by atoms with Gasteiger partial charge in [0.15, 0.2) is 0 Å². The normalized spacial score (nSPS) is 22.5. The van der Waals surface area contributed by atoms with Crippen LogP contribution in [-0.4, -0.2) is 18.3 Å². The van der Waals surface area contributed by atoms with Gasteiger partial charge >= 0.3 is 0 Å². The smallest absolute Gasteiger partial charge is 0.129 e. The molecular weight excluding hydrogens is 228 g/mol. The molecule has 3 heteroatoms. The molecule has 0 spiro atoms. The maximum Gasteiger partial charge on any atom is 0.129 e. The molecule has 1 aliphatic rings. The second kappa shape index (κ2) is 5.61. The van der Waals surface area contributed by atoms with Crippen molar-refractivity contribution >= 4 is 0 Å². The zero-order chi connectivity index (χ0) is 13.1. The van der Waals surface area contributed by atoms with E-state index in [9.17, 15) is 5.11 Å². The Morgan fingerprint density at radius 1 is 1.39 bits per heavy atom. The van der Waals surface area contributed by atoms with E-state index in [-0.39, 0.29) is 6.10 Å². The molecule has 0 radical (unpaired) electrons. The molecule has 1 heterocycles. The third-order valence-corrected chi connectivity index (χ3v) is 3.89. The maximum atomic E-state index is 10.2. The molecular formula is C15H22O3. The van der Waals surface area contributed by atoms with Crippen molar-refractivity contribution < 1.29 is 14.6 Å².